The first-order valence-corrected chi connectivity index (χ1v) is 8.81. The van der Waals surface area contributed by atoms with E-state index >= 15 is 0 Å². The number of thioether (sulfide) groups is 1. The van der Waals surface area contributed by atoms with E-state index in [2.05, 4.69) is 26.7 Å². The molecule has 0 amide bonds. The topological polar surface area (TPSA) is 63.8 Å². The molecule has 0 saturated heterocycles. The van der Waals surface area contributed by atoms with Gasteiger partial charge in [0, 0.05) is 30.3 Å². The fraction of sp³-hybridized carbons (Fsp3) is 0.562. The molecule has 6 heteroatoms. The van der Waals surface area contributed by atoms with Gasteiger partial charge in [-0.1, -0.05) is 32.5 Å². The summed E-state index contributed by atoms with van der Waals surface area (Å²) >= 11 is 1.58. The smallest absolute Gasteiger partial charge is 0.191 e. The fourth-order valence-electron chi connectivity index (χ4n) is 2.19. The summed E-state index contributed by atoms with van der Waals surface area (Å²) in [7, 11) is 0. The predicted molar refractivity (Wildman–Crippen MR) is 89.8 cm³/mol. The van der Waals surface area contributed by atoms with Crippen LogP contribution < -0.4 is 0 Å². The van der Waals surface area contributed by atoms with Crippen molar-refractivity contribution in [2.45, 2.75) is 57.3 Å². The molecule has 0 saturated carbocycles. The van der Waals surface area contributed by atoms with Crippen LogP contribution in [0.3, 0.4) is 0 Å². The lowest BCUT2D eigenvalue weighted by molar-refractivity contribution is 0.0571. The first kappa shape index (κ1) is 17.0. The van der Waals surface area contributed by atoms with Crippen molar-refractivity contribution in [3.63, 3.8) is 0 Å². The van der Waals surface area contributed by atoms with Gasteiger partial charge in [-0.2, -0.15) is 0 Å². The Bertz CT molecular complexity index is 581. The van der Waals surface area contributed by atoms with Crippen molar-refractivity contribution in [3.8, 4) is 11.4 Å². The van der Waals surface area contributed by atoms with Crippen LogP contribution in [0.4, 0.5) is 0 Å². The van der Waals surface area contributed by atoms with Gasteiger partial charge in [0.2, 0.25) is 0 Å². The number of aliphatic hydroxyl groups is 1. The van der Waals surface area contributed by atoms with Crippen LogP contribution in [0.25, 0.3) is 11.4 Å². The number of pyridine rings is 1. The molecule has 22 heavy (non-hydrogen) atoms. The van der Waals surface area contributed by atoms with E-state index in [1.54, 1.807) is 24.2 Å². The van der Waals surface area contributed by atoms with Crippen LogP contribution >= 0.6 is 11.8 Å². The Morgan fingerprint density at radius 2 is 1.82 bits per heavy atom. The van der Waals surface area contributed by atoms with Crippen molar-refractivity contribution >= 4 is 11.8 Å². The Labute approximate surface area is 136 Å². The molecule has 0 spiro atoms. The maximum atomic E-state index is 10.4. The zero-order valence-corrected chi connectivity index (χ0v) is 14.3. The third-order valence-corrected chi connectivity index (χ3v) is 5.13. The molecule has 0 bridgehead atoms. The zero-order chi connectivity index (χ0) is 16.0. The van der Waals surface area contributed by atoms with Gasteiger partial charge in [-0.15, -0.1) is 10.2 Å². The summed E-state index contributed by atoms with van der Waals surface area (Å²) in [6, 6.07) is 3.89. The summed E-state index contributed by atoms with van der Waals surface area (Å²) in [5.41, 5.74) is 0.383. The monoisotopic (exact) mass is 320 g/mol. The number of aromatic nitrogens is 4. The summed E-state index contributed by atoms with van der Waals surface area (Å²) < 4.78 is 2.13. The molecule has 0 atom stereocenters. The van der Waals surface area contributed by atoms with Gasteiger partial charge in [0.15, 0.2) is 11.0 Å². The van der Waals surface area contributed by atoms with Crippen molar-refractivity contribution in [1.82, 2.24) is 19.7 Å². The standard InChI is InChI=1S/C16H24N4OS/c1-4-11-20-14(13-7-9-17-10-8-13)18-19-15(20)22-12-16(21,5-2)6-3/h7-10,21H,4-6,11-12H2,1-3H3. The van der Waals surface area contributed by atoms with Crippen LogP contribution in [-0.4, -0.2) is 36.2 Å². The summed E-state index contributed by atoms with van der Waals surface area (Å²) in [6.45, 7) is 7.04. The van der Waals surface area contributed by atoms with Gasteiger partial charge in [0.05, 0.1) is 5.60 Å². The SMILES string of the molecule is CCCn1c(SCC(O)(CC)CC)nnc1-c1ccncc1. The van der Waals surface area contributed by atoms with Crippen molar-refractivity contribution in [3.05, 3.63) is 24.5 Å². The van der Waals surface area contributed by atoms with Gasteiger partial charge in [-0.3, -0.25) is 4.98 Å². The van der Waals surface area contributed by atoms with Gasteiger partial charge >= 0.3 is 0 Å². The molecule has 0 aliphatic rings. The normalized spacial score (nSPS) is 11.8. The highest BCUT2D eigenvalue weighted by Gasteiger charge is 2.24. The third kappa shape index (κ3) is 3.87. The lowest BCUT2D eigenvalue weighted by atomic mass is 10.0. The highest BCUT2D eigenvalue weighted by atomic mass is 32.2. The second-order valence-electron chi connectivity index (χ2n) is 5.41. The van der Waals surface area contributed by atoms with E-state index in [0.717, 1.165) is 42.4 Å². The van der Waals surface area contributed by atoms with E-state index in [1.807, 2.05) is 26.0 Å². The predicted octanol–water partition coefficient (Wildman–Crippen LogP) is 3.39. The summed E-state index contributed by atoms with van der Waals surface area (Å²) in [5.74, 6) is 1.50. The second-order valence-corrected chi connectivity index (χ2v) is 6.36. The molecule has 0 unspecified atom stereocenters. The number of rotatable bonds is 8. The molecule has 2 heterocycles. The Morgan fingerprint density at radius 3 is 2.41 bits per heavy atom. The van der Waals surface area contributed by atoms with E-state index in [9.17, 15) is 5.11 Å². The molecule has 2 rings (SSSR count). The zero-order valence-electron chi connectivity index (χ0n) is 13.5. The first-order valence-electron chi connectivity index (χ1n) is 7.82. The van der Waals surface area contributed by atoms with Gasteiger partial charge in [0.25, 0.3) is 0 Å². The Hall–Kier alpha value is -1.40. The van der Waals surface area contributed by atoms with E-state index in [4.69, 9.17) is 0 Å². The average Bonchev–Trinajstić information content (AvgIpc) is 2.97. The molecule has 120 valence electrons. The molecule has 0 aliphatic heterocycles. The second kappa shape index (κ2) is 7.74. The van der Waals surface area contributed by atoms with Crippen molar-refractivity contribution < 1.29 is 5.11 Å². The lowest BCUT2D eigenvalue weighted by Crippen LogP contribution is -2.29. The lowest BCUT2D eigenvalue weighted by Gasteiger charge is -2.24. The average molecular weight is 320 g/mol. The highest BCUT2D eigenvalue weighted by Crippen LogP contribution is 2.28. The van der Waals surface area contributed by atoms with E-state index < -0.39 is 5.60 Å². The number of nitrogens with zero attached hydrogens (tertiary/aromatic N) is 4. The third-order valence-electron chi connectivity index (χ3n) is 3.89. The molecular formula is C16H24N4OS. The Kier molecular flexibility index (Phi) is 5.97. The summed E-state index contributed by atoms with van der Waals surface area (Å²) in [5, 5.41) is 20.0. The van der Waals surface area contributed by atoms with Crippen LogP contribution in [0.1, 0.15) is 40.0 Å². The molecule has 0 radical (unpaired) electrons. The molecule has 2 aromatic rings. The van der Waals surface area contributed by atoms with Gasteiger partial charge in [-0.25, -0.2) is 0 Å². The molecule has 0 fully saturated rings. The maximum absolute atomic E-state index is 10.4. The molecule has 5 nitrogen and oxygen atoms in total. The summed E-state index contributed by atoms with van der Waals surface area (Å²) in [4.78, 5) is 4.05. The molecule has 1 N–H and O–H groups in total. The molecule has 0 aliphatic carbocycles. The Balaban J connectivity index is 2.24. The largest absolute Gasteiger partial charge is 0.389 e. The van der Waals surface area contributed by atoms with Crippen LogP contribution in [0.2, 0.25) is 0 Å². The van der Waals surface area contributed by atoms with Crippen LogP contribution in [-0.2, 0) is 6.54 Å². The maximum Gasteiger partial charge on any atom is 0.191 e. The Morgan fingerprint density at radius 1 is 1.14 bits per heavy atom. The fourth-order valence-corrected chi connectivity index (χ4v) is 3.43. The van der Waals surface area contributed by atoms with Gasteiger partial charge in [0.1, 0.15) is 0 Å². The minimum absolute atomic E-state index is 0.634. The minimum atomic E-state index is -0.634. The quantitative estimate of drug-likeness (QED) is 0.755. The van der Waals surface area contributed by atoms with Crippen molar-refractivity contribution in [1.29, 1.82) is 0 Å². The highest BCUT2D eigenvalue weighted by molar-refractivity contribution is 7.99. The number of hydrogen-bond acceptors (Lipinski definition) is 5. The minimum Gasteiger partial charge on any atom is -0.389 e. The van der Waals surface area contributed by atoms with Crippen LogP contribution in [0.15, 0.2) is 29.7 Å². The van der Waals surface area contributed by atoms with Gasteiger partial charge in [-0.05, 0) is 31.4 Å². The van der Waals surface area contributed by atoms with Crippen LogP contribution in [0.5, 0.6) is 0 Å². The molecule has 0 aromatic carbocycles. The summed E-state index contributed by atoms with van der Waals surface area (Å²) in [6.07, 6.45) is 6.03. The van der Waals surface area contributed by atoms with E-state index in [0.29, 0.717) is 5.75 Å². The number of hydrogen-bond donors (Lipinski definition) is 1. The van der Waals surface area contributed by atoms with Gasteiger partial charge < -0.3 is 9.67 Å². The van der Waals surface area contributed by atoms with E-state index in [1.165, 1.54) is 0 Å². The van der Waals surface area contributed by atoms with Crippen LogP contribution in [0, 0.1) is 0 Å². The van der Waals surface area contributed by atoms with Crippen molar-refractivity contribution in [2.24, 2.45) is 0 Å². The van der Waals surface area contributed by atoms with E-state index in [-0.39, 0.29) is 0 Å². The molecule has 2 aromatic heterocycles. The van der Waals surface area contributed by atoms with Crippen molar-refractivity contribution in [2.75, 3.05) is 5.75 Å². The molecular weight excluding hydrogens is 296 g/mol. The first-order chi connectivity index (χ1) is 10.6.